The fraction of sp³-hybridized carbons (Fsp3) is 0.524. The first-order valence-corrected chi connectivity index (χ1v) is 10.6. The number of anilines is 1. The molecule has 1 aliphatic carbocycles. The third-order valence-electron chi connectivity index (χ3n) is 5.75. The molecule has 1 fully saturated rings. The third kappa shape index (κ3) is 4.77. The Kier molecular flexibility index (Phi) is 6.18. The van der Waals surface area contributed by atoms with E-state index < -0.39 is 29.8 Å². The molecule has 0 saturated heterocycles. The standard InChI is InChI=1S/C21H25F3N6O2/c1-12(31)13(2)32-19-16(21(22,23)24)11-25-20(27-19)26-15-7-5-6-14(10-15)18-29-28-17-8-3-4-9-30(17)18/h3-4,8-9,11-15,31H,5-7,10H2,1-2H3,(H,25,26,27)/t12-,13-,14-,15+/m0/s1. The Morgan fingerprint density at radius 3 is 2.78 bits per heavy atom. The van der Waals surface area contributed by atoms with E-state index in [1.165, 1.54) is 13.8 Å². The number of hydrogen-bond donors (Lipinski definition) is 2. The number of rotatable bonds is 6. The second-order valence-corrected chi connectivity index (χ2v) is 8.17. The molecule has 1 saturated carbocycles. The summed E-state index contributed by atoms with van der Waals surface area (Å²) in [5, 5.41) is 21.3. The summed E-state index contributed by atoms with van der Waals surface area (Å²) in [5.74, 6) is 0.482. The maximum atomic E-state index is 13.4. The van der Waals surface area contributed by atoms with Gasteiger partial charge in [0.05, 0.1) is 6.10 Å². The Labute approximate surface area is 182 Å². The highest BCUT2D eigenvalue weighted by molar-refractivity contribution is 5.38. The Balaban J connectivity index is 1.53. The van der Waals surface area contributed by atoms with E-state index in [2.05, 4.69) is 25.5 Å². The lowest BCUT2D eigenvalue weighted by molar-refractivity contribution is -0.140. The van der Waals surface area contributed by atoms with Crippen LogP contribution in [-0.4, -0.2) is 47.9 Å². The lowest BCUT2D eigenvalue weighted by Gasteiger charge is -2.29. The summed E-state index contributed by atoms with van der Waals surface area (Å²) in [6.45, 7) is 2.92. The molecule has 3 aromatic heterocycles. The van der Waals surface area contributed by atoms with E-state index in [1.54, 1.807) is 0 Å². The van der Waals surface area contributed by atoms with Gasteiger partial charge in [0.1, 0.15) is 17.5 Å². The van der Waals surface area contributed by atoms with Crippen LogP contribution in [0.2, 0.25) is 0 Å². The molecule has 11 heteroatoms. The van der Waals surface area contributed by atoms with E-state index in [0.717, 1.165) is 37.2 Å². The molecule has 3 aromatic rings. The zero-order valence-electron chi connectivity index (χ0n) is 17.8. The largest absolute Gasteiger partial charge is 0.471 e. The average molecular weight is 450 g/mol. The number of fused-ring (bicyclic) bond motifs is 1. The van der Waals surface area contributed by atoms with E-state index in [0.29, 0.717) is 6.20 Å². The first-order valence-electron chi connectivity index (χ1n) is 10.6. The van der Waals surface area contributed by atoms with E-state index in [-0.39, 0.29) is 17.9 Å². The van der Waals surface area contributed by atoms with Crippen LogP contribution in [0.25, 0.3) is 5.65 Å². The molecule has 0 aromatic carbocycles. The number of hydrogen-bond acceptors (Lipinski definition) is 7. The number of pyridine rings is 1. The number of nitrogens with zero attached hydrogens (tertiary/aromatic N) is 5. The minimum Gasteiger partial charge on any atom is -0.471 e. The van der Waals surface area contributed by atoms with Crippen molar-refractivity contribution in [1.82, 2.24) is 24.6 Å². The number of halogens is 3. The quantitative estimate of drug-likeness (QED) is 0.589. The van der Waals surface area contributed by atoms with Crippen LogP contribution in [0.1, 0.15) is 56.8 Å². The lowest BCUT2D eigenvalue weighted by Crippen LogP contribution is -2.29. The molecular formula is C21H25F3N6O2. The summed E-state index contributed by atoms with van der Waals surface area (Å²) in [4.78, 5) is 7.86. The second kappa shape index (κ2) is 8.89. The van der Waals surface area contributed by atoms with Crippen LogP contribution in [-0.2, 0) is 6.18 Å². The van der Waals surface area contributed by atoms with Crippen LogP contribution in [0.15, 0.2) is 30.6 Å². The number of ether oxygens (including phenoxy) is 1. The van der Waals surface area contributed by atoms with Gasteiger partial charge in [0.2, 0.25) is 11.8 Å². The van der Waals surface area contributed by atoms with Crippen molar-refractivity contribution in [3.05, 3.63) is 42.0 Å². The zero-order chi connectivity index (χ0) is 22.9. The molecule has 0 spiro atoms. The molecule has 0 unspecified atom stereocenters. The smallest absolute Gasteiger partial charge is 0.423 e. The van der Waals surface area contributed by atoms with Crippen LogP contribution in [0.3, 0.4) is 0 Å². The van der Waals surface area contributed by atoms with Gasteiger partial charge >= 0.3 is 6.18 Å². The first kappa shape index (κ1) is 22.3. The fourth-order valence-corrected chi connectivity index (χ4v) is 3.87. The molecule has 4 atom stereocenters. The molecule has 3 heterocycles. The number of aliphatic hydroxyl groups excluding tert-OH is 1. The highest BCUT2D eigenvalue weighted by Gasteiger charge is 2.37. The number of alkyl halides is 3. The summed E-state index contributed by atoms with van der Waals surface area (Å²) < 4.78 is 47.4. The molecule has 0 amide bonds. The Morgan fingerprint density at radius 1 is 1.22 bits per heavy atom. The highest BCUT2D eigenvalue weighted by Crippen LogP contribution is 2.37. The normalized spacial score (nSPS) is 21.3. The van der Waals surface area contributed by atoms with E-state index >= 15 is 0 Å². The summed E-state index contributed by atoms with van der Waals surface area (Å²) in [6, 6.07) is 5.67. The van der Waals surface area contributed by atoms with E-state index in [4.69, 9.17) is 4.74 Å². The second-order valence-electron chi connectivity index (χ2n) is 8.17. The van der Waals surface area contributed by atoms with Gasteiger partial charge in [0.25, 0.3) is 0 Å². The Bertz CT molecular complexity index is 1070. The molecule has 1 aliphatic rings. The molecular weight excluding hydrogens is 425 g/mol. The molecule has 32 heavy (non-hydrogen) atoms. The van der Waals surface area contributed by atoms with E-state index in [1.807, 2.05) is 28.8 Å². The van der Waals surface area contributed by atoms with Crippen molar-refractivity contribution in [1.29, 1.82) is 0 Å². The number of aliphatic hydroxyl groups is 1. The molecule has 0 aliphatic heterocycles. The minimum absolute atomic E-state index is 0.0383. The van der Waals surface area contributed by atoms with Crippen molar-refractivity contribution >= 4 is 11.6 Å². The average Bonchev–Trinajstić information content (AvgIpc) is 3.17. The number of aromatic nitrogens is 5. The zero-order valence-corrected chi connectivity index (χ0v) is 17.8. The Morgan fingerprint density at radius 2 is 2.03 bits per heavy atom. The van der Waals surface area contributed by atoms with Crippen molar-refractivity contribution in [2.75, 3.05) is 5.32 Å². The molecule has 8 nitrogen and oxygen atoms in total. The van der Waals surface area contributed by atoms with Gasteiger partial charge in [-0.15, -0.1) is 10.2 Å². The van der Waals surface area contributed by atoms with Crippen LogP contribution >= 0.6 is 0 Å². The van der Waals surface area contributed by atoms with Crippen molar-refractivity contribution in [3.63, 3.8) is 0 Å². The molecule has 2 N–H and O–H groups in total. The summed E-state index contributed by atoms with van der Waals surface area (Å²) in [7, 11) is 0. The van der Waals surface area contributed by atoms with Crippen molar-refractivity contribution in [2.45, 2.75) is 69.9 Å². The topological polar surface area (TPSA) is 97.5 Å². The van der Waals surface area contributed by atoms with Crippen molar-refractivity contribution < 1.29 is 23.0 Å². The molecule has 172 valence electrons. The highest BCUT2D eigenvalue weighted by atomic mass is 19.4. The summed E-state index contributed by atoms with van der Waals surface area (Å²) >= 11 is 0. The molecule has 0 bridgehead atoms. The number of nitrogens with one attached hydrogen (secondary N) is 1. The third-order valence-corrected chi connectivity index (χ3v) is 5.75. The van der Waals surface area contributed by atoms with Crippen molar-refractivity contribution in [2.24, 2.45) is 0 Å². The summed E-state index contributed by atoms with van der Waals surface area (Å²) in [5.41, 5.74) is -0.301. The maximum Gasteiger partial charge on any atom is 0.423 e. The van der Waals surface area contributed by atoms with Gasteiger partial charge in [-0.2, -0.15) is 18.2 Å². The Hall–Kier alpha value is -2.95. The molecule has 0 radical (unpaired) electrons. The van der Waals surface area contributed by atoms with Gasteiger partial charge in [-0.1, -0.05) is 12.5 Å². The van der Waals surface area contributed by atoms with Gasteiger partial charge in [-0.3, -0.25) is 4.40 Å². The fourth-order valence-electron chi connectivity index (χ4n) is 3.87. The van der Waals surface area contributed by atoms with Gasteiger partial charge in [0, 0.05) is 24.4 Å². The van der Waals surface area contributed by atoms with Crippen LogP contribution in [0, 0.1) is 0 Å². The maximum absolute atomic E-state index is 13.4. The predicted molar refractivity (Wildman–Crippen MR) is 110 cm³/mol. The minimum atomic E-state index is -4.67. The first-order chi connectivity index (χ1) is 15.2. The predicted octanol–water partition coefficient (Wildman–Crippen LogP) is 3.82. The van der Waals surface area contributed by atoms with Crippen LogP contribution < -0.4 is 10.1 Å². The van der Waals surface area contributed by atoms with Gasteiger partial charge in [0.15, 0.2) is 5.65 Å². The summed E-state index contributed by atoms with van der Waals surface area (Å²) in [6.07, 6.45) is -0.428. The SMILES string of the molecule is C[C@H](O)[C@H](C)Oc1nc(N[C@@H]2CCC[C@H](c3nnc4ccccn34)C2)ncc1C(F)(F)F. The van der Waals surface area contributed by atoms with Gasteiger partial charge in [-0.05, 0) is 45.2 Å². The van der Waals surface area contributed by atoms with Crippen LogP contribution in [0.5, 0.6) is 5.88 Å². The monoisotopic (exact) mass is 450 g/mol. The lowest BCUT2D eigenvalue weighted by atomic mass is 9.85. The van der Waals surface area contributed by atoms with E-state index in [9.17, 15) is 18.3 Å². The van der Waals surface area contributed by atoms with Crippen LogP contribution in [0.4, 0.5) is 19.1 Å². The van der Waals surface area contributed by atoms with Gasteiger partial charge < -0.3 is 15.2 Å². The van der Waals surface area contributed by atoms with Crippen molar-refractivity contribution in [3.8, 4) is 5.88 Å². The molecule has 4 rings (SSSR count). The van der Waals surface area contributed by atoms with Gasteiger partial charge in [-0.25, -0.2) is 4.98 Å².